The van der Waals surface area contributed by atoms with E-state index >= 15 is 0 Å². The third kappa shape index (κ3) is 7.60. The standard InChI is InChI=1S/C42H48N6O7/c1-45-25-33(31-7-5-6-8-32(31)40(45)51)28-23-35(54-3)38(36(24-28)55-4)41(52)47-21-17-30(18-22-47)46(2)42(53)48-19-15-27(16-20-48)26-9-11-29(12-10-26)43-34-13-14-37(49)44-39(34)50/h5-12,23-25,27,30,34,43H,13-22H2,1-4H3,(H,44,49,50). The monoisotopic (exact) mass is 748 g/mol. The first-order chi connectivity index (χ1) is 26.6. The second-order valence-electron chi connectivity index (χ2n) is 14.7. The molecule has 7 rings (SSSR count). The minimum atomic E-state index is -0.422. The van der Waals surface area contributed by atoms with Crippen LogP contribution in [0.25, 0.3) is 21.9 Å². The van der Waals surface area contributed by atoms with Crippen molar-refractivity contribution in [1.29, 1.82) is 0 Å². The van der Waals surface area contributed by atoms with Gasteiger partial charge >= 0.3 is 6.03 Å². The Hall–Kier alpha value is -5.85. The summed E-state index contributed by atoms with van der Waals surface area (Å²) < 4.78 is 13.1. The molecule has 2 N–H and O–H groups in total. The maximum atomic E-state index is 14.1. The Labute approximate surface area is 320 Å². The third-order valence-corrected chi connectivity index (χ3v) is 11.5. The van der Waals surface area contributed by atoms with Gasteiger partial charge in [-0.05, 0) is 84.9 Å². The lowest BCUT2D eigenvalue weighted by Crippen LogP contribution is -2.52. The molecule has 3 aromatic carbocycles. The predicted octanol–water partition coefficient (Wildman–Crippen LogP) is 4.98. The zero-order chi connectivity index (χ0) is 38.8. The lowest BCUT2D eigenvalue weighted by molar-refractivity contribution is -0.133. The molecule has 5 amide bonds. The first-order valence-electron chi connectivity index (χ1n) is 18.9. The highest BCUT2D eigenvalue weighted by atomic mass is 16.5. The van der Waals surface area contributed by atoms with Crippen molar-refractivity contribution in [3.8, 4) is 22.6 Å². The fourth-order valence-corrected chi connectivity index (χ4v) is 8.21. The van der Waals surface area contributed by atoms with Crippen molar-refractivity contribution in [3.63, 3.8) is 0 Å². The number of pyridine rings is 1. The van der Waals surface area contributed by atoms with Gasteiger partial charge in [-0.2, -0.15) is 0 Å². The van der Waals surface area contributed by atoms with Gasteiger partial charge in [0.2, 0.25) is 11.8 Å². The number of methoxy groups -OCH3 is 2. The SMILES string of the molecule is COc1cc(-c2cn(C)c(=O)c3ccccc23)cc(OC)c1C(=O)N1CCC(N(C)C(=O)N2CCC(c3ccc(NC4CCC(=O)NC4=O)cc3)CC2)CC1. The van der Waals surface area contributed by atoms with Crippen molar-refractivity contribution in [2.24, 2.45) is 7.05 Å². The summed E-state index contributed by atoms with van der Waals surface area (Å²) in [4.78, 5) is 69.7. The maximum Gasteiger partial charge on any atom is 0.319 e. The van der Waals surface area contributed by atoms with Crippen LogP contribution in [-0.4, -0.2) is 103 Å². The summed E-state index contributed by atoms with van der Waals surface area (Å²) in [7, 11) is 6.64. The Morgan fingerprint density at radius 1 is 0.818 bits per heavy atom. The Morgan fingerprint density at radius 2 is 1.44 bits per heavy atom. The molecule has 13 nitrogen and oxygen atoms in total. The molecular weight excluding hydrogens is 700 g/mol. The summed E-state index contributed by atoms with van der Waals surface area (Å²) in [5, 5.41) is 7.00. The molecule has 13 heteroatoms. The second-order valence-corrected chi connectivity index (χ2v) is 14.7. The van der Waals surface area contributed by atoms with Crippen LogP contribution in [-0.2, 0) is 16.6 Å². The summed E-state index contributed by atoms with van der Waals surface area (Å²) in [6.07, 6.45) is 5.60. The lowest BCUT2D eigenvalue weighted by Gasteiger charge is -2.40. The minimum absolute atomic E-state index is 0.00265. The molecule has 1 atom stereocenters. The number of nitrogens with zero attached hydrogens (tertiary/aromatic N) is 4. The molecule has 0 radical (unpaired) electrons. The molecule has 4 heterocycles. The van der Waals surface area contributed by atoms with Gasteiger partial charge in [-0.15, -0.1) is 0 Å². The number of ether oxygens (including phenoxy) is 2. The van der Waals surface area contributed by atoms with Crippen molar-refractivity contribution in [3.05, 3.63) is 88.3 Å². The molecule has 0 aliphatic carbocycles. The van der Waals surface area contributed by atoms with Crippen molar-refractivity contribution < 1.29 is 28.7 Å². The number of hydrogen-bond donors (Lipinski definition) is 2. The van der Waals surface area contributed by atoms with E-state index in [0.717, 1.165) is 35.0 Å². The van der Waals surface area contributed by atoms with E-state index in [9.17, 15) is 24.0 Å². The van der Waals surface area contributed by atoms with Gasteiger partial charge in [0, 0.05) is 75.6 Å². The number of aromatic nitrogens is 1. The molecule has 0 saturated carbocycles. The summed E-state index contributed by atoms with van der Waals surface area (Å²) >= 11 is 0. The van der Waals surface area contributed by atoms with Crippen molar-refractivity contribution in [2.45, 2.75) is 56.5 Å². The van der Waals surface area contributed by atoms with Gasteiger partial charge in [-0.1, -0.05) is 30.3 Å². The smallest absolute Gasteiger partial charge is 0.319 e. The summed E-state index contributed by atoms with van der Waals surface area (Å²) in [5.74, 6) is 0.379. The van der Waals surface area contributed by atoms with Crippen molar-refractivity contribution in [2.75, 3.05) is 52.8 Å². The van der Waals surface area contributed by atoms with Crippen LogP contribution in [0.5, 0.6) is 11.5 Å². The maximum absolute atomic E-state index is 14.1. The molecule has 1 unspecified atom stereocenters. The molecule has 4 aromatic rings. The van der Waals surface area contributed by atoms with Crippen molar-refractivity contribution >= 4 is 40.2 Å². The van der Waals surface area contributed by atoms with E-state index in [1.54, 1.807) is 28.8 Å². The molecule has 3 fully saturated rings. The highest BCUT2D eigenvalue weighted by Crippen LogP contribution is 2.38. The molecule has 3 aliphatic heterocycles. The zero-order valence-electron chi connectivity index (χ0n) is 31.8. The van der Waals surface area contributed by atoms with E-state index in [1.807, 2.05) is 59.3 Å². The zero-order valence-corrected chi connectivity index (χ0v) is 31.8. The number of piperidine rings is 3. The number of imide groups is 1. The fourth-order valence-electron chi connectivity index (χ4n) is 8.21. The predicted molar refractivity (Wildman–Crippen MR) is 210 cm³/mol. The van der Waals surface area contributed by atoms with Crippen LogP contribution < -0.4 is 25.7 Å². The number of carbonyl (C=O) groups is 4. The Balaban J connectivity index is 0.947. The topological polar surface area (TPSA) is 143 Å². The lowest BCUT2D eigenvalue weighted by atomic mass is 9.89. The number of amides is 5. The number of rotatable bonds is 8. The molecular formula is C42H48N6O7. The summed E-state index contributed by atoms with van der Waals surface area (Å²) in [6, 6.07) is 18.8. The van der Waals surface area contributed by atoms with Crippen LogP contribution in [0.1, 0.15) is 60.4 Å². The molecule has 288 valence electrons. The van der Waals surface area contributed by atoms with Gasteiger partial charge in [-0.3, -0.25) is 24.5 Å². The molecule has 55 heavy (non-hydrogen) atoms. The van der Waals surface area contributed by atoms with Crippen molar-refractivity contribution in [1.82, 2.24) is 24.6 Å². The number of fused-ring (bicyclic) bond motifs is 1. The largest absolute Gasteiger partial charge is 0.496 e. The van der Waals surface area contributed by atoms with Gasteiger partial charge in [0.1, 0.15) is 23.1 Å². The number of aryl methyl sites for hydroxylation is 1. The normalized spacial score (nSPS) is 18.2. The summed E-state index contributed by atoms with van der Waals surface area (Å²) in [5.41, 5.74) is 3.87. The average molecular weight is 749 g/mol. The number of carbonyl (C=O) groups excluding carboxylic acids is 4. The van der Waals surface area contributed by atoms with E-state index in [2.05, 4.69) is 22.8 Å². The van der Waals surface area contributed by atoms with E-state index in [0.29, 0.717) is 80.2 Å². The van der Waals surface area contributed by atoms with Gasteiger partial charge in [0.25, 0.3) is 11.5 Å². The first-order valence-corrected chi connectivity index (χ1v) is 18.9. The summed E-state index contributed by atoms with van der Waals surface area (Å²) in [6.45, 7) is 2.28. The van der Waals surface area contributed by atoms with Crippen LogP contribution in [0.2, 0.25) is 0 Å². The Bertz CT molecular complexity index is 2140. The number of urea groups is 1. The van der Waals surface area contributed by atoms with Crippen LogP contribution >= 0.6 is 0 Å². The van der Waals surface area contributed by atoms with Crippen LogP contribution in [0.15, 0.2) is 71.7 Å². The van der Waals surface area contributed by atoms with E-state index in [-0.39, 0.29) is 35.4 Å². The second kappa shape index (κ2) is 15.9. The quantitative estimate of drug-likeness (QED) is 0.241. The van der Waals surface area contributed by atoms with E-state index in [4.69, 9.17) is 9.47 Å². The minimum Gasteiger partial charge on any atom is -0.496 e. The van der Waals surface area contributed by atoms with E-state index < -0.39 is 6.04 Å². The number of benzene rings is 3. The van der Waals surface area contributed by atoms with Gasteiger partial charge in [0.05, 0.1) is 14.2 Å². The number of likely N-dealkylation sites (tertiary alicyclic amines) is 2. The number of hydrogen-bond acceptors (Lipinski definition) is 8. The van der Waals surface area contributed by atoms with Crippen LogP contribution in [0.3, 0.4) is 0 Å². The molecule has 3 aliphatic rings. The van der Waals surface area contributed by atoms with Crippen LogP contribution in [0.4, 0.5) is 10.5 Å². The van der Waals surface area contributed by atoms with E-state index in [1.165, 1.54) is 19.8 Å². The Morgan fingerprint density at radius 3 is 2.05 bits per heavy atom. The number of nitrogens with one attached hydrogen (secondary N) is 2. The van der Waals surface area contributed by atoms with Gasteiger partial charge in [-0.25, -0.2) is 4.79 Å². The van der Waals surface area contributed by atoms with Gasteiger partial charge < -0.3 is 34.1 Å². The fraction of sp³-hybridized carbons (Fsp3) is 0.405. The average Bonchev–Trinajstić information content (AvgIpc) is 3.22. The molecule has 0 bridgehead atoms. The Kier molecular flexibility index (Phi) is 10.8. The molecule has 1 aromatic heterocycles. The highest BCUT2D eigenvalue weighted by Gasteiger charge is 2.34. The van der Waals surface area contributed by atoms with Crippen LogP contribution in [0, 0.1) is 0 Å². The number of anilines is 1. The van der Waals surface area contributed by atoms with Gasteiger partial charge in [0.15, 0.2) is 0 Å². The molecule has 0 spiro atoms. The third-order valence-electron chi connectivity index (χ3n) is 11.5. The first kappa shape index (κ1) is 37.5. The molecule has 3 saturated heterocycles. The highest BCUT2D eigenvalue weighted by molar-refractivity contribution is 6.03.